The van der Waals surface area contributed by atoms with Crippen LogP contribution in [0.3, 0.4) is 0 Å². The minimum Gasteiger partial charge on any atom is -0.493 e. The molecule has 1 aliphatic heterocycles. The Balaban J connectivity index is 1.54. The van der Waals surface area contributed by atoms with Crippen LogP contribution in [-0.2, 0) is 12.8 Å². The summed E-state index contributed by atoms with van der Waals surface area (Å²) in [5.74, 6) is 2.43. The van der Waals surface area contributed by atoms with Crippen LogP contribution in [0.15, 0.2) is 54.6 Å². The zero-order valence-electron chi connectivity index (χ0n) is 15.5. The molecule has 2 aromatic rings. The third-order valence-corrected chi connectivity index (χ3v) is 4.67. The van der Waals surface area contributed by atoms with Gasteiger partial charge in [-0.2, -0.15) is 0 Å². The van der Waals surface area contributed by atoms with Crippen molar-refractivity contribution in [3.8, 4) is 11.5 Å². The molecule has 0 spiro atoms. The fourth-order valence-electron chi connectivity index (χ4n) is 3.31. The predicted molar refractivity (Wildman–Crippen MR) is 104 cm³/mol. The van der Waals surface area contributed by atoms with Crippen molar-refractivity contribution in [3.05, 3.63) is 71.3 Å². The first-order chi connectivity index (χ1) is 12.1. The molecular formula is C23H28O2. The van der Waals surface area contributed by atoms with Crippen LogP contribution in [0.1, 0.15) is 37.0 Å². The highest BCUT2D eigenvalue weighted by atomic mass is 16.5. The van der Waals surface area contributed by atoms with Crippen LogP contribution >= 0.6 is 0 Å². The molecule has 0 aromatic heterocycles. The maximum absolute atomic E-state index is 6.19. The highest BCUT2D eigenvalue weighted by molar-refractivity contribution is 5.38. The molecule has 0 amide bonds. The number of ether oxygens (including phenoxy) is 2. The average molecular weight is 336 g/mol. The van der Waals surface area contributed by atoms with Gasteiger partial charge in [-0.25, -0.2) is 0 Å². The van der Waals surface area contributed by atoms with E-state index in [1.165, 1.54) is 16.7 Å². The van der Waals surface area contributed by atoms with E-state index in [-0.39, 0.29) is 6.10 Å². The Hall–Kier alpha value is -2.22. The lowest BCUT2D eigenvalue weighted by Gasteiger charge is -2.26. The van der Waals surface area contributed by atoms with Gasteiger partial charge in [-0.1, -0.05) is 48.9 Å². The summed E-state index contributed by atoms with van der Waals surface area (Å²) in [6.07, 6.45) is 7.62. The lowest BCUT2D eigenvalue weighted by atomic mass is 9.96. The summed E-state index contributed by atoms with van der Waals surface area (Å²) in [4.78, 5) is 0. The van der Waals surface area contributed by atoms with Gasteiger partial charge in [-0.05, 0) is 56.0 Å². The van der Waals surface area contributed by atoms with Crippen molar-refractivity contribution >= 4 is 0 Å². The van der Waals surface area contributed by atoms with Gasteiger partial charge >= 0.3 is 0 Å². The molecule has 1 heterocycles. The summed E-state index contributed by atoms with van der Waals surface area (Å²) in [7, 11) is 0. The zero-order valence-corrected chi connectivity index (χ0v) is 15.5. The van der Waals surface area contributed by atoms with E-state index in [9.17, 15) is 0 Å². The summed E-state index contributed by atoms with van der Waals surface area (Å²) in [6.45, 7) is 7.05. The molecule has 2 aromatic carbocycles. The zero-order chi connectivity index (χ0) is 17.6. The number of aryl methyl sites for hydroxylation is 2. The van der Waals surface area contributed by atoms with Gasteiger partial charge in [-0.15, -0.1) is 0 Å². The van der Waals surface area contributed by atoms with E-state index < -0.39 is 0 Å². The molecule has 0 saturated carbocycles. The lowest BCUT2D eigenvalue weighted by molar-refractivity contribution is 0.173. The van der Waals surface area contributed by atoms with Crippen molar-refractivity contribution in [2.45, 2.75) is 46.1 Å². The van der Waals surface area contributed by atoms with Gasteiger partial charge in [0.05, 0.1) is 6.61 Å². The van der Waals surface area contributed by atoms with Crippen molar-refractivity contribution in [1.82, 2.24) is 0 Å². The van der Waals surface area contributed by atoms with Gasteiger partial charge in [0.1, 0.15) is 17.6 Å². The van der Waals surface area contributed by atoms with Crippen molar-refractivity contribution in [3.63, 3.8) is 0 Å². The Morgan fingerprint density at radius 1 is 1.20 bits per heavy atom. The first-order valence-corrected chi connectivity index (χ1v) is 9.25. The van der Waals surface area contributed by atoms with E-state index in [0.717, 1.165) is 30.8 Å². The third kappa shape index (κ3) is 4.88. The molecule has 3 rings (SSSR count). The van der Waals surface area contributed by atoms with Crippen molar-refractivity contribution < 1.29 is 9.47 Å². The molecule has 0 saturated heterocycles. The molecule has 25 heavy (non-hydrogen) atoms. The average Bonchev–Trinajstić information content (AvgIpc) is 2.61. The molecule has 0 fully saturated rings. The summed E-state index contributed by atoms with van der Waals surface area (Å²) >= 11 is 0. The molecule has 2 nitrogen and oxygen atoms in total. The second-order valence-electron chi connectivity index (χ2n) is 7.05. The second kappa shape index (κ2) is 8.24. The molecular weight excluding hydrogens is 308 g/mol. The van der Waals surface area contributed by atoms with Crippen LogP contribution in [0, 0.1) is 12.8 Å². The van der Waals surface area contributed by atoms with Gasteiger partial charge in [0.2, 0.25) is 0 Å². The van der Waals surface area contributed by atoms with Gasteiger partial charge < -0.3 is 9.47 Å². The molecule has 1 unspecified atom stereocenters. The highest BCUT2D eigenvalue weighted by Crippen LogP contribution is 2.29. The first-order valence-electron chi connectivity index (χ1n) is 9.25. The monoisotopic (exact) mass is 336 g/mol. The quantitative estimate of drug-likeness (QED) is 0.646. The van der Waals surface area contributed by atoms with Gasteiger partial charge in [0.25, 0.3) is 0 Å². The molecule has 0 radical (unpaired) electrons. The number of rotatable bonds is 6. The summed E-state index contributed by atoms with van der Waals surface area (Å²) in [5.41, 5.74) is 3.95. The SMILES string of the molecule is C/C=C\[C@H](C)COc1ccc(CC2CCc3cc(C)ccc3O2)cc1. The second-order valence-corrected chi connectivity index (χ2v) is 7.05. The summed E-state index contributed by atoms with van der Waals surface area (Å²) in [6, 6.07) is 14.9. The van der Waals surface area contributed by atoms with Crippen molar-refractivity contribution in [2.24, 2.45) is 5.92 Å². The third-order valence-electron chi connectivity index (χ3n) is 4.67. The fraction of sp³-hybridized carbons (Fsp3) is 0.391. The predicted octanol–water partition coefficient (Wildman–Crippen LogP) is 5.52. The van der Waals surface area contributed by atoms with Gasteiger partial charge in [0.15, 0.2) is 0 Å². The number of allylic oxidation sites excluding steroid dienone is 1. The maximum atomic E-state index is 6.19. The molecule has 0 bridgehead atoms. The van der Waals surface area contributed by atoms with E-state index in [2.05, 4.69) is 68.5 Å². The molecule has 0 N–H and O–H groups in total. The molecule has 132 valence electrons. The molecule has 2 atom stereocenters. The van der Waals surface area contributed by atoms with Crippen LogP contribution < -0.4 is 9.47 Å². The first kappa shape index (κ1) is 17.6. The lowest BCUT2D eigenvalue weighted by Crippen LogP contribution is -2.25. The van der Waals surface area contributed by atoms with Crippen LogP contribution in [0.2, 0.25) is 0 Å². The minimum absolute atomic E-state index is 0.261. The smallest absolute Gasteiger partial charge is 0.122 e. The van der Waals surface area contributed by atoms with Crippen molar-refractivity contribution in [2.75, 3.05) is 6.61 Å². The standard InChI is InChI=1S/C23H28O2/c1-4-5-18(3)16-24-21-10-7-19(8-11-21)15-22-12-9-20-14-17(2)6-13-23(20)25-22/h4-8,10-11,13-14,18,22H,9,12,15-16H2,1-3H3/b5-4-/t18-,22?/m0/s1. The Morgan fingerprint density at radius 2 is 2.00 bits per heavy atom. The van der Waals surface area contributed by atoms with E-state index in [1.807, 2.05) is 6.92 Å². The number of hydrogen-bond donors (Lipinski definition) is 0. The van der Waals surface area contributed by atoms with Crippen LogP contribution in [-0.4, -0.2) is 12.7 Å². The Morgan fingerprint density at radius 3 is 2.76 bits per heavy atom. The van der Waals surface area contributed by atoms with Crippen LogP contribution in [0.4, 0.5) is 0 Å². The summed E-state index contributed by atoms with van der Waals surface area (Å²) < 4.78 is 12.0. The number of fused-ring (bicyclic) bond motifs is 1. The topological polar surface area (TPSA) is 18.5 Å². The minimum atomic E-state index is 0.261. The van der Waals surface area contributed by atoms with Crippen molar-refractivity contribution in [1.29, 1.82) is 0 Å². The Kier molecular flexibility index (Phi) is 5.80. The number of hydrogen-bond acceptors (Lipinski definition) is 2. The van der Waals surface area contributed by atoms with E-state index in [0.29, 0.717) is 12.5 Å². The fourth-order valence-corrected chi connectivity index (χ4v) is 3.31. The Bertz CT molecular complexity index is 715. The normalized spacial score (nSPS) is 17.8. The number of benzene rings is 2. The van der Waals surface area contributed by atoms with E-state index in [4.69, 9.17) is 9.47 Å². The maximum Gasteiger partial charge on any atom is 0.122 e. The van der Waals surface area contributed by atoms with Crippen LogP contribution in [0.5, 0.6) is 11.5 Å². The van der Waals surface area contributed by atoms with E-state index in [1.54, 1.807) is 0 Å². The largest absolute Gasteiger partial charge is 0.493 e. The molecule has 0 aliphatic carbocycles. The van der Waals surface area contributed by atoms with E-state index >= 15 is 0 Å². The molecule has 1 aliphatic rings. The highest BCUT2D eigenvalue weighted by Gasteiger charge is 2.20. The van der Waals surface area contributed by atoms with Gasteiger partial charge in [-0.3, -0.25) is 0 Å². The Labute approximate surface area is 151 Å². The summed E-state index contributed by atoms with van der Waals surface area (Å²) in [5, 5.41) is 0. The molecule has 2 heteroatoms. The van der Waals surface area contributed by atoms with Crippen LogP contribution in [0.25, 0.3) is 0 Å². The van der Waals surface area contributed by atoms with Gasteiger partial charge in [0, 0.05) is 12.3 Å².